The number of aliphatic hydroxyl groups is 1. The number of aliphatic hydroxyl groups excluding tert-OH is 1. The predicted octanol–water partition coefficient (Wildman–Crippen LogP) is 3.90. The molecule has 1 fully saturated rings. The number of benzene rings is 2. The second kappa shape index (κ2) is 9.69. The average Bonchev–Trinajstić information content (AvgIpc) is 3.68. The van der Waals surface area contributed by atoms with Crippen LogP contribution in [0.2, 0.25) is 0 Å². The van der Waals surface area contributed by atoms with Gasteiger partial charge in [-0.25, -0.2) is 23.7 Å². The second-order valence-corrected chi connectivity index (χ2v) is 9.78. The summed E-state index contributed by atoms with van der Waals surface area (Å²) in [6, 6.07) is 11.7. The van der Waals surface area contributed by atoms with E-state index in [-0.39, 0.29) is 30.1 Å². The van der Waals surface area contributed by atoms with E-state index in [1.807, 2.05) is 28.8 Å². The lowest BCUT2D eigenvalue weighted by Gasteiger charge is -2.15. The highest BCUT2D eigenvalue weighted by Gasteiger charge is 2.31. The smallest absolute Gasteiger partial charge is 0.278 e. The van der Waals surface area contributed by atoms with E-state index >= 15 is 0 Å². The topological polar surface area (TPSA) is 111 Å². The van der Waals surface area contributed by atoms with Crippen LogP contribution in [0.25, 0.3) is 22.2 Å². The van der Waals surface area contributed by atoms with Crippen molar-refractivity contribution in [1.29, 1.82) is 0 Å². The number of halogens is 2. The molecule has 9 nitrogen and oxygen atoms in total. The minimum atomic E-state index is -0.506. The summed E-state index contributed by atoms with van der Waals surface area (Å²) < 4.78 is 37.3. The minimum Gasteiger partial charge on any atom is -0.394 e. The van der Waals surface area contributed by atoms with E-state index in [0.717, 1.165) is 29.7 Å². The quantitative estimate of drug-likeness (QED) is 0.368. The maximum atomic E-state index is 14.0. The van der Waals surface area contributed by atoms with Gasteiger partial charge in [0, 0.05) is 0 Å². The molecule has 1 saturated heterocycles. The van der Waals surface area contributed by atoms with E-state index in [2.05, 4.69) is 19.9 Å². The van der Waals surface area contributed by atoms with Gasteiger partial charge in [-0.1, -0.05) is 18.2 Å². The number of fused-ring (bicyclic) bond motifs is 4. The molecule has 0 spiro atoms. The first-order valence-electron chi connectivity index (χ1n) is 11.7. The number of hydrogen-bond donors (Lipinski definition) is 2. The molecule has 0 bridgehead atoms. The number of aromatic amines is 1. The highest BCUT2D eigenvalue weighted by molar-refractivity contribution is 7.99. The third kappa shape index (κ3) is 4.20. The Kier molecular flexibility index (Phi) is 6.22. The lowest BCUT2D eigenvalue weighted by atomic mass is 10.2. The van der Waals surface area contributed by atoms with Crippen molar-refractivity contribution in [3.05, 3.63) is 88.5 Å². The average molecular weight is 525 g/mol. The van der Waals surface area contributed by atoms with Crippen molar-refractivity contribution >= 4 is 34.0 Å². The van der Waals surface area contributed by atoms with Gasteiger partial charge in [-0.3, -0.25) is 9.36 Å². The summed E-state index contributed by atoms with van der Waals surface area (Å²) in [6.45, 7) is 0.0111. The molecule has 0 aliphatic carbocycles. The molecule has 7 rings (SSSR count). The van der Waals surface area contributed by atoms with Crippen molar-refractivity contribution in [3.63, 3.8) is 0 Å². The molecule has 2 N–H and O–H groups in total. The lowest BCUT2D eigenvalue weighted by molar-refractivity contribution is -0.0207. The number of para-hydroxylation sites is 2. The number of rotatable bonds is 3. The maximum absolute atomic E-state index is 14.0. The van der Waals surface area contributed by atoms with Gasteiger partial charge >= 0.3 is 0 Å². The monoisotopic (exact) mass is 524 g/mol. The zero-order valence-electron chi connectivity index (χ0n) is 19.4. The van der Waals surface area contributed by atoms with E-state index in [0.29, 0.717) is 16.9 Å². The number of aromatic nitrogens is 6. The number of hydrogen-bond acceptors (Lipinski definition) is 7. The number of thioether (sulfide) groups is 1. The van der Waals surface area contributed by atoms with Gasteiger partial charge in [0.2, 0.25) is 0 Å². The van der Waals surface area contributed by atoms with Gasteiger partial charge in [0.1, 0.15) is 29.1 Å². The fourth-order valence-electron chi connectivity index (χ4n) is 4.74. The molecule has 5 heterocycles. The van der Waals surface area contributed by atoms with Crippen molar-refractivity contribution in [2.75, 3.05) is 6.61 Å². The second-order valence-electron chi connectivity index (χ2n) is 8.71. The van der Waals surface area contributed by atoms with Gasteiger partial charge in [-0.2, -0.15) is 0 Å². The van der Waals surface area contributed by atoms with Crippen LogP contribution in [0.3, 0.4) is 0 Å². The van der Waals surface area contributed by atoms with E-state index < -0.39 is 17.0 Å². The van der Waals surface area contributed by atoms with Crippen molar-refractivity contribution < 1.29 is 18.6 Å². The molecule has 37 heavy (non-hydrogen) atoms. The first kappa shape index (κ1) is 23.8. The lowest BCUT2D eigenvalue weighted by Crippen LogP contribution is -2.14. The minimum absolute atomic E-state index is 0.0111. The van der Waals surface area contributed by atoms with Gasteiger partial charge in [0.25, 0.3) is 5.56 Å². The zero-order valence-corrected chi connectivity index (χ0v) is 20.2. The third-order valence-electron chi connectivity index (χ3n) is 6.48. The molecular formula is C25H22F2N6O3S. The Morgan fingerprint density at radius 2 is 1.92 bits per heavy atom. The molecule has 5 aromatic rings. The molecular weight excluding hydrogens is 502 g/mol. The molecule has 1 unspecified atom stereocenters. The third-order valence-corrected chi connectivity index (χ3v) is 7.67. The normalized spacial score (nSPS) is 20.8. The predicted molar refractivity (Wildman–Crippen MR) is 134 cm³/mol. The zero-order chi connectivity index (χ0) is 25.5. The first-order valence-corrected chi connectivity index (χ1v) is 12.8. The summed E-state index contributed by atoms with van der Waals surface area (Å²) in [5.74, 6) is 0.512. The molecule has 0 radical (unpaired) electrons. The number of nitrogens with one attached hydrogen (secondary N) is 1. The Morgan fingerprint density at radius 3 is 2.70 bits per heavy atom. The number of imidazole rings is 2. The first-order chi connectivity index (χ1) is 18.0. The summed E-state index contributed by atoms with van der Waals surface area (Å²) >= 11 is 1.49. The summed E-state index contributed by atoms with van der Waals surface area (Å²) in [4.78, 5) is 26.6. The molecule has 12 heteroatoms. The summed E-state index contributed by atoms with van der Waals surface area (Å²) in [5, 5.41) is 8.63. The highest BCUT2D eigenvalue weighted by atomic mass is 32.2. The van der Waals surface area contributed by atoms with Gasteiger partial charge in [-0.15, -0.1) is 11.8 Å². The fraction of sp³-hybridized carbons (Fsp3) is 0.280. The summed E-state index contributed by atoms with van der Waals surface area (Å²) in [7, 11) is 0. The van der Waals surface area contributed by atoms with Crippen LogP contribution < -0.4 is 5.56 Å². The van der Waals surface area contributed by atoms with Gasteiger partial charge in [0.15, 0.2) is 11.2 Å². The molecule has 2 aliphatic heterocycles. The largest absolute Gasteiger partial charge is 0.394 e. The summed E-state index contributed by atoms with van der Waals surface area (Å²) in [5.41, 5.74) is 2.45. The Bertz CT molecular complexity index is 1630. The van der Waals surface area contributed by atoms with Crippen LogP contribution in [0.1, 0.15) is 35.8 Å². The molecule has 190 valence electrons. The van der Waals surface area contributed by atoms with Gasteiger partial charge in [-0.05, 0) is 37.1 Å². The van der Waals surface area contributed by atoms with Crippen LogP contribution in [0.4, 0.5) is 8.78 Å². The Hall–Kier alpha value is -3.61. The van der Waals surface area contributed by atoms with Crippen LogP contribution in [-0.2, 0) is 10.5 Å². The Balaban J connectivity index is 0.000000138. The Labute approximate surface area is 213 Å². The van der Waals surface area contributed by atoms with Crippen molar-refractivity contribution in [3.8, 4) is 0 Å². The van der Waals surface area contributed by atoms with Gasteiger partial charge < -0.3 is 19.4 Å². The molecule has 0 amide bonds. The molecule has 3 atom stereocenters. The van der Waals surface area contributed by atoms with E-state index in [1.165, 1.54) is 36.3 Å². The molecule has 3 aromatic heterocycles. The number of nitrogens with zero attached hydrogens (tertiary/aromatic N) is 5. The van der Waals surface area contributed by atoms with Crippen LogP contribution in [-0.4, -0.2) is 46.9 Å². The van der Waals surface area contributed by atoms with Crippen LogP contribution >= 0.6 is 11.8 Å². The van der Waals surface area contributed by atoms with E-state index in [4.69, 9.17) is 9.84 Å². The van der Waals surface area contributed by atoms with Crippen LogP contribution in [0.15, 0.2) is 59.9 Å². The van der Waals surface area contributed by atoms with E-state index in [9.17, 15) is 13.6 Å². The van der Waals surface area contributed by atoms with Crippen molar-refractivity contribution in [2.45, 2.75) is 36.3 Å². The van der Waals surface area contributed by atoms with Gasteiger partial charge in [0.05, 0.1) is 47.7 Å². The highest BCUT2D eigenvalue weighted by Crippen LogP contribution is 2.44. The van der Waals surface area contributed by atoms with Crippen molar-refractivity contribution in [1.82, 2.24) is 29.1 Å². The standard InChI is InChI=1S/C15H10F2N2S.C10H12N4O3/c16-9-4-3-5-10(17)14(9)15-19-12-7-2-1-6-11(12)18-13(19)8-20-15;15-3-6-1-2-7(17-6)14-5-13-8-9(14)11-4-12-10(8)16/h1-7,15H,8H2;4-7,15H,1-3H2,(H,11,12,16)/t;6-,7+/m.0/s1. The number of ether oxygens (including phenoxy) is 1. The van der Waals surface area contributed by atoms with Crippen LogP contribution in [0, 0.1) is 11.6 Å². The Morgan fingerprint density at radius 1 is 1.11 bits per heavy atom. The van der Waals surface area contributed by atoms with E-state index in [1.54, 1.807) is 10.9 Å². The molecule has 2 aromatic carbocycles. The molecule has 0 saturated carbocycles. The van der Waals surface area contributed by atoms with Crippen LogP contribution in [0.5, 0.6) is 0 Å². The SMILES string of the molecule is Fc1cccc(F)c1C1SCc2nc3ccccc3n21.O=c1[nH]cnc2c1ncn2[C@H]1CC[C@@H](CO)O1. The molecule has 2 aliphatic rings. The number of H-pyrrole nitrogens is 1. The fourth-order valence-corrected chi connectivity index (χ4v) is 6.03. The van der Waals surface area contributed by atoms with Crippen molar-refractivity contribution in [2.24, 2.45) is 0 Å². The maximum Gasteiger partial charge on any atom is 0.278 e. The summed E-state index contributed by atoms with van der Waals surface area (Å²) in [6.07, 6.45) is 4.14.